The number of fused-ring (bicyclic) bond motifs is 5. The van der Waals surface area contributed by atoms with Crippen molar-refractivity contribution in [1.29, 1.82) is 0 Å². The lowest BCUT2D eigenvalue weighted by atomic mass is 10.1. The van der Waals surface area contributed by atoms with Gasteiger partial charge in [0.05, 0.1) is 11.4 Å². The highest BCUT2D eigenvalue weighted by Crippen LogP contribution is 2.34. The van der Waals surface area contributed by atoms with Crippen LogP contribution in [0.5, 0.6) is 0 Å². The fourth-order valence-corrected chi connectivity index (χ4v) is 1.67. The van der Waals surface area contributed by atoms with Crippen molar-refractivity contribution in [3.63, 3.8) is 0 Å². The molecule has 3 aromatic rings. The highest BCUT2D eigenvalue weighted by Gasteiger charge is 2.10. The summed E-state index contributed by atoms with van der Waals surface area (Å²) in [6.45, 7) is 0. The normalized spacial score (nSPS) is 11.7. The van der Waals surface area contributed by atoms with E-state index in [1.807, 2.05) is 24.3 Å². The first-order valence-corrected chi connectivity index (χ1v) is 4.05. The molecule has 0 saturated heterocycles. The van der Waals surface area contributed by atoms with Gasteiger partial charge in [0.2, 0.25) is 0 Å². The molecule has 0 fully saturated rings. The molecule has 0 aliphatic carbocycles. The molecule has 3 rings (SSSR count). The molecule has 0 unspecified atom stereocenters. The van der Waals surface area contributed by atoms with Crippen LogP contribution in [-0.4, -0.2) is 0 Å². The van der Waals surface area contributed by atoms with Crippen molar-refractivity contribution in [1.82, 2.24) is 0 Å². The average molecular weight is 172 g/mol. The molecule has 3 heteroatoms. The van der Waals surface area contributed by atoms with Crippen molar-refractivity contribution in [2.45, 2.75) is 0 Å². The van der Waals surface area contributed by atoms with Crippen LogP contribution in [0, 0.1) is 0 Å². The number of furan rings is 2. The molecule has 3 nitrogen and oxygen atoms in total. The molecular formula is C10H8N2O. The summed E-state index contributed by atoms with van der Waals surface area (Å²) in [5, 5.41) is 2.09. The Morgan fingerprint density at radius 2 is 1.31 bits per heavy atom. The number of hydrogen-bond donors (Lipinski definition) is 2. The van der Waals surface area contributed by atoms with E-state index < -0.39 is 0 Å². The Bertz CT molecular complexity index is 532. The zero-order chi connectivity index (χ0) is 9.00. The van der Waals surface area contributed by atoms with Crippen LogP contribution >= 0.6 is 0 Å². The summed E-state index contributed by atoms with van der Waals surface area (Å²) in [7, 11) is 0. The molecule has 4 N–H and O–H groups in total. The van der Waals surface area contributed by atoms with Gasteiger partial charge in [0.25, 0.3) is 0 Å². The molecule has 1 aromatic carbocycles. The smallest absolute Gasteiger partial charge is 0.135 e. The van der Waals surface area contributed by atoms with Crippen LogP contribution in [0.1, 0.15) is 0 Å². The van der Waals surface area contributed by atoms with Crippen molar-refractivity contribution in [3.8, 4) is 0 Å². The van der Waals surface area contributed by atoms with Crippen LogP contribution in [0.4, 0.5) is 11.4 Å². The monoisotopic (exact) mass is 172 g/mol. The van der Waals surface area contributed by atoms with Gasteiger partial charge in [-0.15, -0.1) is 0 Å². The minimum Gasteiger partial charge on any atom is -0.456 e. The average Bonchev–Trinajstić information content (AvgIpc) is 2.67. The minimum atomic E-state index is 0.608. The second-order valence-electron chi connectivity index (χ2n) is 3.19. The van der Waals surface area contributed by atoms with E-state index in [2.05, 4.69) is 0 Å². The summed E-state index contributed by atoms with van der Waals surface area (Å²) in [5.41, 5.74) is 14.4. The van der Waals surface area contributed by atoms with Gasteiger partial charge in [0.1, 0.15) is 11.2 Å². The number of benzene rings is 2. The third-order valence-electron chi connectivity index (χ3n) is 2.36. The topological polar surface area (TPSA) is 65.2 Å². The molecule has 0 saturated carbocycles. The van der Waals surface area contributed by atoms with Gasteiger partial charge >= 0.3 is 0 Å². The van der Waals surface area contributed by atoms with Crippen molar-refractivity contribution in [2.75, 3.05) is 11.5 Å². The lowest BCUT2D eigenvalue weighted by Gasteiger charge is -1.99. The number of rotatable bonds is 0. The van der Waals surface area contributed by atoms with Crippen LogP contribution in [0.25, 0.3) is 21.9 Å². The number of nitrogens with two attached hydrogens (primary N) is 2. The number of hydrogen-bond acceptors (Lipinski definition) is 3. The molecule has 0 aliphatic heterocycles. The molecule has 2 heterocycles. The Morgan fingerprint density at radius 1 is 0.846 bits per heavy atom. The molecule has 0 atom stereocenters. The second-order valence-corrected chi connectivity index (χ2v) is 3.19. The van der Waals surface area contributed by atoms with E-state index in [4.69, 9.17) is 15.9 Å². The van der Waals surface area contributed by atoms with Gasteiger partial charge in [-0.1, -0.05) is 0 Å². The summed E-state index contributed by atoms with van der Waals surface area (Å²) < 4.78 is 5.46. The van der Waals surface area contributed by atoms with Crippen LogP contribution in [0.3, 0.4) is 0 Å². The van der Waals surface area contributed by atoms with Crippen molar-refractivity contribution >= 4 is 33.3 Å². The SMILES string of the molecule is Nc1cc2c3ccc(o3)c2cc1N. The molecule has 0 amide bonds. The third-order valence-corrected chi connectivity index (χ3v) is 2.36. The second kappa shape index (κ2) is 1.88. The van der Waals surface area contributed by atoms with E-state index in [1.165, 1.54) is 0 Å². The maximum absolute atomic E-state index is 5.70. The number of anilines is 2. The van der Waals surface area contributed by atoms with E-state index in [1.54, 1.807) is 0 Å². The van der Waals surface area contributed by atoms with Gasteiger partial charge in [-0.3, -0.25) is 0 Å². The zero-order valence-corrected chi connectivity index (χ0v) is 6.87. The summed E-state index contributed by atoms with van der Waals surface area (Å²) in [4.78, 5) is 0. The third kappa shape index (κ3) is 0.685. The Morgan fingerprint density at radius 3 is 1.77 bits per heavy atom. The van der Waals surface area contributed by atoms with E-state index in [0.29, 0.717) is 11.4 Å². The van der Waals surface area contributed by atoms with Gasteiger partial charge in [0.15, 0.2) is 0 Å². The van der Waals surface area contributed by atoms with Crippen LogP contribution in [0.15, 0.2) is 28.7 Å². The highest BCUT2D eigenvalue weighted by atomic mass is 16.3. The van der Waals surface area contributed by atoms with Gasteiger partial charge in [-0.25, -0.2) is 0 Å². The van der Waals surface area contributed by atoms with Crippen molar-refractivity contribution in [2.24, 2.45) is 0 Å². The molecule has 0 aliphatic rings. The lowest BCUT2D eigenvalue weighted by molar-refractivity contribution is 0.679. The Hall–Kier alpha value is -1.90. The molecule has 2 aromatic heterocycles. The fourth-order valence-electron chi connectivity index (χ4n) is 1.67. The lowest BCUT2D eigenvalue weighted by Crippen LogP contribution is -1.93. The minimum absolute atomic E-state index is 0.608. The molecule has 0 spiro atoms. The Kier molecular flexibility index (Phi) is 0.953. The van der Waals surface area contributed by atoms with Crippen LogP contribution in [0.2, 0.25) is 0 Å². The van der Waals surface area contributed by atoms with E-state index in [-0.39, 0.29) is 0 Å². The molecular weight excluding hydrogens is 164 g/mol. The van der Waals surface area contributed by atoms with E-state index >= 15 is 0 Å². The first-order valence-electron chi connectivity index (χ1n) is 4.05. The largest absolute Gasteiger partial charge is 0.456 e. The molecule has 2 bridgehead atoms. The summed E-state index contributed by atoms with van der Waals surface area (Å²) >= 11 is 0. The van der Waals surface area contributed by atoms with Gasteiger partial charge in [0, 0.05) is 10.8 Å². The summed E-state index contributed by atoms with van der Waals surface area (Å²) in [6, 6.07) is 7.59. The molecule has 13 heavy (non-hydrogen) atoms. The maximum Gasteiger partial charge on any atom is 0.135 e. The van der Waals surface area contributed by atoms with Crippen LogP contribution < -0.4 is 11.5 Å². The quantitative estimate of drug-likeness (QED) is 0.511. The predicted octanol–water partition coefficient (Wildman–Crippen LogP) is 2.19. The van der Waals surface area contributed by atoms with Crippen molar-refractivity contribution in [3.05, 3.63) is 24.3 Å². The van der Waals surface area contributed by atoms with Gasteiger partial charge in [-0.05, 0) is 24.3 Å². The highest BCUT2D eigenvalue weighted by molar-refractivity contribution is 6.09. The first-order chi connectivity index (χ1) is 6.25. The summed E-state index contributed by atoms with van der Waals surface area (Å²) in [6.07, 6.45) is 0. The predicted molar refractivity (Wildman–Crippen MR) is 53.7 cm³/mol. The van der Waals surface area contributed by atoms with Crippen molar-refractivity contribution < 1.29 is 4.42 Å². The summed E-state index contributed by atoms with van der Waals surface area (Å²) in [5.74, 6) is 0. The number of nitrogen functional groups attached to an aromatic ring is 2. The van der Waals surface area contributed by atoms with E-state index in [9.17, 15) is 0 Å². The molecule has 64 valence electrons. The Balaban J connectivity index is 2.61. The zero-order valence-electron chi connectivity index (χ0n) is 6.87. The Labute approximate surface area is 74.2 Å². The van der Waals surface area contributed by atoms with Gasteiger partial charge in [-0.2, -0.15) is 0 Å². The molecule has 0 radical (unpaired) electrons. The van der Waals surface area contributed by atoms with E-state index in [0.717, 1.165) is 21.9 Å². The fraction of sp³-hybridized carbons (Fsp3) is 0. The standard InChI is InChI=1S/C10H8N2O/c11-7-3-5-6(4-8(7)12)10-2-1-9(5)13-10/h1-4H,11-12H2. The van der Waals surface area contributed by atoms with Gasteiger partial charge < -0.3 is 15.9 Å². The maximum atomic E-state index is 5.70. The first kappa shape index (κ1) is 6.60. The van der Waals surface area contributed by atoms with Crippen LogP contribution in [-0.2, 0) is 0 Å².